The topological polar surface area (TPSA) is 79.3 Å². The zero-order valence-electron chi connectivity index (χ0n) is 13.2. The Morgan fingerprint density at radius 1 is 1.17 bits per heavy atom. The smallest absolute Gasteiger partial charge is 0.251 e. The maximum absolute atomic E-state index is 12.7. The number of fused-ring (bicyclic) bond motifs is 1. The molecular weight excluding hydrogens is 292 g/mol. The van der Waals surface area contributed by atoms with E-state index in [0.29, 0.717) is 17.1 Å². The third-order valence-corrected chi connectivity index (χ3v) is 5.28. The molecule has 0 spiro atoms. The van der Waals surface area contributed by atoms with Crippen LogP contribution in [-0.4, -0.2) is 33.5 Å². The molecule has 2 aliphatic rings. The second-order valence-corrected chi connectivity index (χ2v) is 6.75. The molecular formula is C17H22N4O2. The molecule has 1 saturated carbocycles. The zero-order chi connectivity index (χ0) is 15.8. The summed E-state index contributed by atoms with van der Waals surface area (Å²) >= 11 is 0. The summed E-state index contributed by atoms with van der Waals surface area (Å²) in [5.41, 5.74) is 1.93. The van der Waals surface area contributed by atoms with Gasteiger partial charge in [-0.1, -0.05) is 12.8 Å². The maximum Gasteiger partial charge on any atom is 0.251 e. The number of carbonyl (C=O) groups is 1. The van der Waals surface area contributed by atoms with E-state index in [1.54, 1.807) is 16.8 Å². The van der Waals surface area contributed by atoms with Gasteiger partial charge in [0.1, 0.15) is 5.65 Å². The summed E-state index contributed by atoms with van der Waals surface area (Å²) in [5.74, 6) is 0.542. The van der Waals surface area contributed by atoms with Gasteiger partial charge in [0.25, 0.3) is 5.56 Å². The Labute approximate surface area is 134 Å². The van der Waals surface area contributed by atoms with Crippen LogP contribution in [0, 0.1) is 5.92 Å². The van der Waals surface area contributed by atoms with E-state index in [4.69, 9.17) is 0 Å². The quantitative estimate of drug-likeness (QED) is 0.848. The van der Waals surface area contributed by atoms with Gasteiger partial charge in [-0.15, -0.1) is 0 Å². The molecule has 1 aliphatic carbocycles. The molecule has 0 unspecified atom stereocenters. The van der Waals surface area contributed by atoms with Crippen molar-refractivity contribution < 1.29 is 4.79 Å². The standard InChI is InChI=1S/C17H22N4O2/c22-15-9-14(11-5-7-18-8-6-11)21-17(20-15)13(10-19-21)16(23)12-3-1-2-4-12/h9-12,18H,1-8H2,(H,20,22). The average molecular weight is 314 g/mol. The molecule has 0 bridgehead atoms. The van der Waals surface area contributed by atoms with Crippen molar-refractivity contribution in [3.8, 4) is 0 Å². The van der Waals surface area contributed by atoms with E-state index < -0.39 is 0 Å². The molecule has 122 valence electrons. The highest BCUT2D eigenvalue weighted by Crippen LogP contribution is 2.30. The molecule has 3 heterocycles. The Bertz CT molecular complexity index is 779. The van der Waals surface area contributed by atoms with Crippen LogP contribution in [0.2, 0.25) is 0 Å². The number of piperidine rings is 1. The van der Waals surface area contributed by atoms with Crippen LogP contribution >= 0.6 is 0 Å². The minimum Gasteiger partial charge on any atom is -0.317 e. The molecule has 0 radical (unpaired) electrons. The molecule has 2 aromatic heterocycles. The van der Waals surface area contributed by atoms with Crippen molar-refractivity contribution in [1.29, 1.82) is 0 Å². The summed E-state index contributed by atoms with van der Waals surface area (Å²) < 4.78 is 1.78. The minimum absolute atomic E-state index is 0.0917. The first-order chi connectivity index (χ1) is 11.2. The first-order valence-electron chi connectivity index (χ1n) is 8.60. The number of hydrogen-bond acceptors (Lipinski definition) is 4. The Kier molecular flexibility index (Phi) is 3.77. The number of nitrogens with one attached hydrogen (secondary N) is 2. The molecule has 0 aromatic carbocycles. The number of ketones is 1. The van der Waals surface area contributed by atoms with Crippen molar-refractivity contribution in [2.75, 3.05) is 13.1 Å². The van der Waals surface area contributed by atoms with Gasteiger partial charge < -0.3 is 10.3 Å². The second-order valence-electron chi connectivity index (χ2n) is 6.75. The Balaban J connectivity index is 1.78. The highest BCUT2D eigenvalue weighted by molar-refractivity contribution is 6.02. The number of nitrogens with zero attached hydrogens (tertiary/aromatic N) is 2. The molecule has 2 aromatic rings. The van der Waals surface area contributed by atoms with Crippen molar-refractivity contribution in [3.05, 3.63) is 33.9 Å². The molecule has 6 heteroatoms. The van der Waals surface area contributed by atoms with E-state index in [1.807, 2.05) is 0 Å². The predicted molar refractivity (Wildman–Crippen MR) is 86.9 cm³/mol. The Hall–Kier alpha value is -1.95. The van der Waals surface area contributed by atoms with Crippen LogP contribution in [0.25, 0.3) is 5.65 Å². The van der Waals surface area contributed by atoms with Gasteiger partial charge in [0.2, 0.25) is 0 Å². The van der Waals surface area contributed by atoms with Crippen molar-refractivity contribution >= 4 is 11.4 Å². The van der Waals surface area contributed by atoms with Gasteiger partial charge in [0.05, 0.1) is 17.5 Å². The number of rotatable bonds is 3. The van der Waals surface area contributed by atoms with Crippen LogP contribution in [0.15, 0.2) is 17.1 Å². The van der Waals surface area contributed by atoms with Crippen LogP contribution in [0.1, 0.15) is 60.5 Å². The lowest BCUT2D eigenvalue weighted by Gasteiger charge is -2.23. The van der Waals surface area contributed by atoms with Gasteiger partial charge in [-0.05, 0) is 38.8 Å². The summed E-state index contributed by atoms with van der Waals surface area (Å²) in [6, 6.07) is 1.64. The number of aromatic nitrogens is 3. The SMILES string of the molecule is O=C(c1cnn2c(C3CCNCC3)cc(=O)[nH]c12)C1CCCC1. The molecule has 4 rings (SSSR count). The van der Waals surface area contributed by atoms with Gasteiger partial charge in [-0.2, -0.15) is 5.10 Å². The summed E-state index contributed by atoms with van der Waals surface area (Å²) in [6.45, 7) is 1.90. The lowest BCUT2D eigenvalue weighted by molar-refractivity contribution is 0.0924. The third kappa shape index (κ3) is 2.61. The molecule has 0 amide bonds. The fraction of sp³-hybridized carbons (Fsp3) is 0.588. The van der Waals surface area contributed by atoms with Gasteiger partial charge in [-0.25, -0.2) is 4.52 Å². The van der Waals surface area contributed by atoms with Crippen molar-refractivity contribution in [2.24, 2.45) is 5.92 Å². The molecule has 1 aliphatic heterocycles. The molecule has 1 saturated heterocycles. The summed E-state index contributed by atoms with van der Waals surface area (Å²) in [4.78, 5) is 27.7. The zero-order valence-corrected chi connectivity index (χ0v) is 13.2. The van der Waals surface area contributed by atoms with Gasteiger partial charge in [0.15, 0.2) is 5.78 Å². The van der Waals surface area contributed by atoms with Gasteiger partial charge >= 0.3 is 0 Å². The predicted octanol–water partition coefficient (Wildman–Crippen LogP) is 1.86. The average Bonchev–Trinajstić information content (AvgIpc) is 3.24. The molecule has 2 fully saturated rings. The lowest BCUT2D eigenvalue weighted by atomic mass is 9.94. The van der Waals surface area contributed by atoms with E-state index >= 15 is 0 Å². The summed E-state index contributed by atoms with van der Waals surface area (Å²) in [6.07, 6.45) is 7.76. The Morgan fingerprint density at radius 3 is 2.65 bits per heavy atom. The fourth-order valence-corrected chi connectivity index (χ4v) is 4.01. The van der Waals surface area contributed by atoms with E-state index in [0.717, 1.165) is 57.3 Å². The number of hydrogen-bond donors (Lipinski definition) is 2. The van der Waals surface area contributed by atoms with E-state index in [2.05, 4.69) is 15.4 Å². The van der Waals surface area contributed by atoms with Gasteiger partial charge in [-0.3, -0.25) is 9.59 Å². The number of aromatic amines is 1. The fourth-order valence-electron chi connectivity index (χ4n) is 4.01. The first kappa shape index (κ1) is 14.6. The highest BCUT2D eigenvalue weighted by atomic mass is 16.1. The van der Waals surface area contributed by atoms with Crippen LogP contribution in [0.5, 0.6) is 0 Å². The van der Waals surface area contributed by atoms with E-state index in [9.17, 15) is 9.59 Å². The number of Topliss-reactive ketones (excluding diaryl/α,β-unsaturated/α-hetero) is 1. The monoisotopic (exact) mass is 314 g/mol. The minimum atomic E-state index is -0.146. The summed E-state index contributed by atoms with van der Waals surface area (Å²) in [7, 11) is 0. The maximum atomic E-state index is 12.7. The molecule has 6 nitrogen and oxygen atoms in total. The van der Waals surface area contributed by atoms with E-state index in [-0.39, 0.29) is 17.3 Å². The van der Waals surface area contributed by atoms with Crippen molar-refractivity contribution in [2.45, 2.75) is 44.4 Å². The van der Waals surface area contributed by atoms with E-state index in [1.165, 1.54) is 0 Å². The van der Waals surface area contributed by atoms with Crippen molar-refractivity contribution in [3.63, 3.8) is 0 Å². The van der Waals surface area contributed by atoms with Crippen molar-refractivity contribution in [1.82, 2.24) is 19.9 Å². The Morgan fingerprint density at radius 2 is 1.91 bits per heavy atom. The van der Waals surface area contributed by atoms with Gasteiger partial charge in [0, 0.05) is 17.9 Å². The van der Waals surface area contributed by atoms with Crippen LogP contribution < -0.4 is 10.9 Å². The molecule has 2 N–H and O–H groups in total. The number of carbonyl (C=O) groups excluding carboxylic acids is 1. The lowest BCUT2D eigenvalue weighted by Crippen LogP contribution is -2.28. The van der Waals surface area contributed by atoms with Crippen LogP contribution in [0.4, 0.5) is 0 Å². The normalized spacial score (nSPS) is 20.3. The molecule has 23 heavy (non-hydrogen) atoms. The third-order valence-electron chi connectivity index (χ3n) is 5.28. The summed E-state index contributed by atoms with van der Waals surface area (Å²) in [5, 5.41) is 7.77. The van der Waals surface area contributed by atoms with Crippen LogP contribution in [0.3, 0.4) is 0 Å². The largest absolute Gasteiger partial charge is 0.317 e. The molecule has 0 atom stereocenters. The first-order valence-corrected chi connectivity index (χ1v) is 8.60. The second kappa shape index (κ2) is 5.92. The number of H-pyrrole nitrogens is 1. The van der Waals surface area contributed by atoms with Crippen LogP contribution in [-0.2, 0) is 0 Å². The highest BCUT2D eigenvalue weighted by Gasteiger charge is 2.28.